The number of sulfonamides is 1. The number of benzene rings is 3. The van der Waals surface area contributed by atoms with Crippen molar-refractivity contribution in [3.05, 3.63) is 83.2 Å². The predicted molar refractivity (Wildman–Crippen MR) is 125 cm³/mol. The van der Waals surface area contributed by atoms with Crippen LogP contribution in [0.1, 0.15) is 22.2 Å². The van der Waals surface area contributed by atoms with Crippen molar-refractivity contribution in [1.29, 1.82) is 0 Å². The summed E-state index contributed by atoms with van der Waals surface area (Å²) < 4.78 is 34.2. The average Bonchev–Trinajstić information content (AvgIpc) is 3.09. The molecule has 5 nitrogen and oxygen atoms in total. The number of ether oxygens (including phenoxy) is 1. The van der Waals surface area contributed by atoms with Crippen LogP contribution in [-0.2, 0) is 14.8 Å². The molecule has 0 radical (unpaired) electrons. The largest absolute Gasteiger partial charge is 0.462 e. The average molecular weight is 452 g/mol. The molecule has 0 fully saturated rings. The van der Waals surface area contributed by atoms with E-state index in [1.165, 1.54) is 11.3 Å². The SMILES string of the molecule is CCOC(=O)c1c(NS(=O)(=O)c2ccc3ccccc3c2)sc(C)c1-c1ccccc1. The molecular formula is C24H21NO4S2. The zero-order valence-corrected chi connectivity index (χ0v) is 18.7. The second-order valence-electron chi connectivity index (χ2n) is 6.94. The van der Waals surface area contributed by atoms with E-state index in [-0.39, 0.29) is 22.1 Å². The van der Waals surface area contributed by atoms with Gasteiger partial charge in [-0.1, -0.05) is 60.7 Å². The smallest absolute Gasteiger partial charge is 0.341 e. The molecule has 0 saturated heterocycles. The Morgan fingerprint density at radius 3 is 2.35 bits per heavy atom. The highest BCUT2D eigenvalue weighted by molar-refractivity contribution is 7.93. The Balaban J connectivity index is 1.80. The fourth-order valence-electron chi connectivity index (χ4n) is 3.48. The summed E-state index contributed by atoms with van der Waals surface area (Å²) in [5, 5.41) is 2.03. The van der Waals surface area contributed by atoms with Gasteiger partial charge in [-0.25, -0.2) is 13.2 Å². The molecule has 1 heterocycles. The van der Waals surface area contributed by atoms with E-state index in [1.807, 2.05) is 61.5 Å². The van der Waals surface area contributed by atoms with Gasteiger partial charge in [-0.15, -0.1) is 11.3 Å². The molecule has 1 N–H and O–H groups in total. The van der Waals surface area contributed by atoms with E-state index in [0.29, 0.717) is 5.56 Å². The summed E-state index contributed by atoms with van der Waals surface area (Å²) >= 11 is 1.22. The molecule has 0 aliphatic rings. The second-order valence-corrected chi connectivity index (χ2v) is 9.85. The Morgan fingerprint density at radius 1 is 0.968 bits per heavy atom. The van der Waals surface area contributed by atoms with Crippen LogP contribution in [-0.4, -0.2) is 21.0 Å². The first-order valence-electron chi connectivity index (χ1n) is 9.78. The Morgan fingerprint density at radius 2 is 1.65 bits per heavy atom. The number of anilines is 1. The lowest BCUT2D eigenvalue weighted by Gasteiger charge is -2.11. The van der Waals surface area contributed by atoms with Crippen LogP contribution in [0.25, 0.3) is 21.9 Å². The number of carbonyl (C=O) groups is 1. The molecule has 1 aromatic heterocycles. The Hall–Kier alpha value is -3.16. The topological polar surface area (TPSA) is 72.5 Å². The normalized spacial score (nSPS) is 11.4. The summed E-state index contributed by atoms with van der Waals surface area (Å²) in [5.41, 5.74) is 1.75. The van der Waals surface area contributed by atoms with Crippen molar-refractivity contribution in [2.75, 3.05) is 11.3 Å². The fourth-order valence-corrected chi connectivity index (χ4v) is 5.89. The molecule has 0 spiro atoms. The zero-order valence-electron chi connectivity index (χ0n) is 17.1. The van der Waals surface area contributed by atoms with Crippen LogP contribution in [0.3, 0.4) is 0 Å². The first-order chi connectivity index (χ1) is 14.9. The first-order valence-corrected chi connectivity index (χ1v) is 12.1. The molecule has 31 heavy (non-hydrogen) atoms. The number of esters is 1. The number of hydrogen-bond donors (Lipinski definition) is 1. The van der Waals surface area contributed by atoms with Crippen LogP contribution in [0, 0.1) is 6.92 Å². The van der Waals surface area contributed by atoms with E-state index in [1.54, 1.807) is 25.1 Å². The minimum Gasteiger partial charge on any atom is -0.462 e. The van der Waals surface area contributed by atoms with Gasteiger partial charge in [0.2, 0.25) is 0 Å². The molecule has 0 aliphatic heterocycles. The summed E-state index contributed by atoms with van der Waals surface area (Å²) in [6, 6.07) is 21.9. The lowest BCUT2D eigenvalue weighted by atomic mass is 10.0. The van der Waals surface area contributed by atoms with Gasteiger partial charge in [0.1, 0.15) is 10.6 Å². The molecule has 0 unspecified atom stereocenters. The third kappa shape index (κ3) is 4.19. The summed E-state index contributed by atoms with van der Waals surface area (Å²) in [6.07, 6.45) is 0. The van der Waals surface area contributed by atoms with Crippen LogP contribution < -0.4 is 4.72 Å². The van der Waals surface area contributed by atoms with Crippen LogP contribution >= 0.6 is 11.3 Å². The van der Waals surface area contributed by atoms with Crippen molar-refractivity contribution in [2.45, 2.75) is 18.7 Å². The number of thiophene rings is 1. The molecule has 4 aromatic rings. The molecule has 4 rings (SSSR count). The minimum atomic E-state index is -3.91. The van der Waals surface area contributed by atoms with Crippen LogP contribution in [0.5, 0.6) is 0 Å². The van der Waals surface area contributed by atoms with Gasteiger partial charge in [0, 0.05) is 10.4 Å². The van der Waals surface area contributed by atoms with Gasteiger partial charge in [0.15, 0.2) is 0 Å². The number of rotatable bonds is 6. The minimum absolute atomic E-state index is 0.133. The van der Waals surface area contributed by atoms with E-state index in [2.05, 4.69) is 4.72 Å². The second kappa shape index (κ2) is 8.53. The lowest BCUT2D eigenvalue weighted by Crippen LogP contribution is -2.15. The van der Waals surface area contributed by atoms with E-state index >= 15 is 0 Å². The molecule has 0 aliphatic carbocycles. The van der Waals surface area contributed by atoms with Crippen LogP contribution in [0.2, 0.25) is 0 Å². The maximum absolute atomic E-state index is 13.2. The van der Waals surface area contributed by atoms with Gasteiger partial charge in [0.05, 0.1) is 11.5 Å². The lowest BCUT2D eigenvalue weighted by molar-refractivity contribution is 0.0529. The van der Waals surface area contributed by atoms with E-state index in [0.717, 1.165) is 21.2 Å². The molecule has 3 aromatic carbocycles. The van der Waals surface area contributed by atoms with E-state index in [4.69, 9.17) is 4.74 Å². The third-order valence-corrected chi connectivity index (χ3v) is 7.38. The van der Waals surface area contributed by atoms with Gasteiger partial charge in [0.25, 0.3) is 10.0 Å². The maximum Gasteiger partial charge on any atom is 0.341 e. The number of aryl methyl sites for hydroxylation is 1. The molecule has 0 bridgehead atoms. The first kappa shape index (κ1) is 21.1. The number of hydrogen-bond acceptors (Lipinski definition) is 5. The van der Waals surface area contributed by atoms with Gasteiger partial charge >= 0.3 is 5.97 Å². The van der Waals surface area contributed by atoms with E-state index in [9.17, 15) is 13.2 Å². The Kier molecular flexibility index (Phi) is 5.80. The van der Waals surface area contributed by atoms with Crippen molar-refractivity contribution in [3.8, 4) is 11.1 Å². The van der Waals surface area contributed by atoms with Gasteiger partial charge in [-0.3, -0.25) is 4.72 Å². The molecular weight excluding hydrogens is 430 g/mol. The number of nitrogens with one attached hydrogen (secondary N) is 1. The summed E-state index contributed by atoms with van der Waals surface area (Å²) in [5.74, 6) is -0.554. The van der Waals surface area contributed by atoms with Crippen molar-refractivity contribution in [2.24, 2.45) is 0 Å². The third-order valence-electron chi connectivity index (χ3n) is 4.88. The van der Waals surface area contributed by atoms with Gasteiger partial charge < -0.3 is 4.74 Å². The standard InChI is InChI=1S/C24H21NO4S2/c1-3-29-24(26)22-21(18-10-5-4-6-11-18)16(2)30-23(22)25-31(27,28)20-14-13-17-9-7-8-12-19(17)15-20/h4-15,25H,3H2,1-2H3. The van der Waals surface area contributed by atoms with Gasteiger partial charge in [-0.2, -0.15) is 0 Å². The predicted octanol–water partition coefficient (Wildman–Crippen LogP) is 5.85. The summed E-state index contributed by atoms with van der Waals surface area (Å²) in [6.45, 7) is 3.78. The van der Waals surface area contributed by atoms with Crippen molar-refractivity contribution >= 4 is 43.1 Å². The van der Waals surface area contributed by atoms with Crippen molar-refractivity contribution < 1.29 is 17.9 Å². The van der Waals surface area contributed by atoms with Crippen molar-refractivity contribution in [1.82, 2.24) is 0 Å². The summed E-state index contributed by atoms with van der Waals surface area (Å²) in [7, 11) is -3.91. The van der Waals surface area contributed by atoms with Crippen molar-refractivity contribution in [3.63, 3.8) is 0 Å². The molecule has 0 atom stereocenters. The Bertz CT molecular complexity index is 1360. The van der Waals surface area contributed by atoms with Crippen LogP contribution in [0.4, 0.5) is 5.00 Å². The van der Waals surface area contributed by atoms with Gasteiger partial charge in [-0.05, 0) is 42.3 Å². The molecule has 0 amide bonds. The van der Waals surface area contributed by atoms with Crippen LogP contribution in [0.15, 0.2) is 77.7 Å². The highest BCUT2D eigenvalue weighted by Crippen LogP contribution is 2.41. The highest BCUT2D eigenvalue weighted by atomic mass is 32.2. The fraction of sp³-hybridized carbons (Fsp3) is 0.125. The molecule has 158 valence electrons. The monoisotopic (exact) mass is 451 g/mol. The molecule has 0 saturated carbocycles. The maximum atomic E-state index is 13.2. The summed E-state index contributed by atoms with van der Waals surface area (Å²) in [4.78, 5) is 13.8. The number of carbonyl (C=O) groups excluding carboxylic acids is 1. The Labute approximate surface area is 185 Å². The number of fused-ring (bicyclic) bond motifs is 1. The van der Waals surface area contributed by atoms with E-state index < -0.39 is 16.0 Å². The highest BCUT2D eigenvalue weighted by Gasteiger charge is 2.27. The molecule has 7 heteroatoms. The quantitative estimate of drug-likeness (QED) is 0.373. The zero-order chi connectivity index (χ0) is 22.0.